The summed E-state index contributed by atoms with van der Waals surface area (Å²) in [5, 5.41) is 4.80. The molecule has 0 fully saturated rings. The topological polar surface area (TPSA) is 73.1 Å². The molecule has 1 aromatic heterocycles. The smallest absolute Gasteiger partial charge is 0.243 e. The van der Waals surface area contributed by atoms with Crippen molar-refractivity contribution in [2.24, 2.45) is 11.1 Å². The van der Waals surface area contributed by atoms with Crippen molar-refractivity contribution in [2.45, 2.75) is 18.1 Å². The van der Waals surface area contributed by atoms with E-state index in [2.05, 4.69) is 4.98 Å². The zero-order chi connectivity index (χ0) is 19.1. The maximum atomic E-state index is 12.7. The van der Waals surface area contributed by atoms with Crippen LogP contribution in [0.3, 0.4) is 0 Å². The molecule has 0 radical (unpaired) electrons. The monoisotopic (exact) mass is 380 g/mol. The molecule has 0 spiro atoms. The predicted octanol–water partition coefficient (Wildman–Crippen LogP) is 3.86. The van der Waals surface area contributed by atoms with E-state index in [0.29, 0.717) is 11.1 Å². The summed E-state index contributed by atoms with van der Waals surface area (Å²) in [6, 6.07) is 7.81. The van der Waals surface area contributed by atoms with E-state index in [1.807, 2.05) is 19.1 Å². The Morgan fingerprint density at radius 3 is 1.96 bits per heavy atom. The lowest BCUT2D eigenvalue weighted by atomic mass is 9.95. The molecular formula is C18H15F3N2O2S. The van der Waals surface area contributed by atoms with Crippen molar-refractivity contribution in [1.29, 1.82) is 0 Å². The molecule has 8 heteroatoms. The van der Waals surface area contributed by atoms with Crippen LogP contribution in [-0.2, 0) is 16.2 Å². The summed E-state index contributed by atoms with van der Waals surface area (Å²) in [5.74, 6) is 0.0835. The van der Waals surface area contributed by atoms with Crippen molar-refractivity contribution in [1.82, 2.24) is 4.98 Å². The SMILES string of the molecule is CC1C=C(c2ccc(C(F)(F)F)cc2)C(c2ccc(S(N)(=O)=O)nc2)=C1. The van der Waals surface area contributed by atoms with Gasteiger partial charge in [-0.25, -0.2) is 18.5 Å². The number of nitrogens with zero attached hydrogens (tertiary/aromatic N) is 1. The summed E-state index contributed by atoms with van der Waals surface area (Å²) < 4.78 is 60.9. The summed E-state index contributed by atoms with van der Waals surface area (Å²) in [6.45, 7) is 1.95. The summed E-state index contributed by atoms with van der Waals surface area (Å²) >= 11 is 0. The van der Waals surface area contributed by atoms with E-state index in [1.165, 1.54) is 24.4 Å². The van der Waals surface area contributed by atoms with E-state index < -0.39 is 21.8 Å². The number of sulfonamides is 1. The number of halogens is 3. The summed E-state index contributed by atoms with van der Waals surface area (Å²) in [4.78, 5) is 3.86. The second-order valence-corrected chi connectivity index (χ2v) is 7.53. The third-order valence-corrected chi connectivity index (χ3v) is 4.84. The number of allylic oxidation sites excluding steroid dienone is 4. The normalized spacial score (nSPS) is 17.8. The van der Waals surface area contributed by atoms with Crippen molar-refractivity contribution in [3.8, 4) is 0 Å². The molecule has 0 bridgehead atoms. The molecule has 4 nitrogen and oxygen atoms in total. The maximum absolute atomic E-state index is 12.7. The Kier molecular flexibility index (Phi) is 4.49. The van der Waals surface area contributed by atoms with E-state index in [0.717, 1.165) is 23.3 Å². The molecule has 0 saturated carbocycles. The highest BCUT2D eigenvalue weighted by molar-refractivity contribution is 7.89. The minimum Gasteiger partial charge on any atom is -0.243 e. The highest BCUT2D eigenvalue weighted by Crippen LogP contribution is 2.39. The zero-order valence-electron chi connectivity index (χ0n) is 13.7. The molecule has 136 valence electrons. The summed E-state index contributed by atoms with van der Waals surface area (Å²) in [6.07, 6.45) is 0.885. The molecule has 1 aliphatic carbocycles. The Morgan fingerprint density at radius 1 is 0.962 bits per heavy atom. The van der Waals surface area contributed by atoms with Crippen LogP contribution in [0.4, 0.5) is 13.2 Å². The van der Waals surface area contributed by atoms with Gasteiger partial charge in [0.2, 0.25) is 0 Å². The van der Waals surface area contributed by atoms with Gasteiger partial charge in [0.25, 0.3) is 10.0 Å². The summed E-state index contributed by atoms with van der Waals surface area (Å²) in [5.41, 5.74) is 2.15. The largest absolute Gasteiger partial charge is 0.416 e. The van der Waals surface area contributed by atoms with Gasteiger partial charge in [0.15, 0.2) is 5.03 Å². The van der Waals surface area contributed by atoms with Gasteiger partial charge in [-0.2, -0.15) is 13.2 Å². The van der Waals surface area contributed by atoms with Gasteiger partial charge >= 0.3 is 6.18 Å². The lowest BCUT2D eigenvalue weighted by Gasteiger charge is -2.12. The molecule has 2 aromatic rings. The number of alkyl halides is 3. The number of primary sulfonamides is 1. The first-order valence-electron chi connectivity index (χ1n) is 7.66. The van der Waals surface area contributed by atoms with Gasteiger partial charge in [-0.1, -0.05) is 31.2 Å². The number of hydrogen-bond acceptors (Lipinski definition) is 3. The van der Waals surface area contributed by atoms with E-state index in [9.17, 15) is 21.6 Å². The number of nitrogens with two attached hydrogens (primary N) is 1. The third-order valence-electron chi connectivity index (χ3n) is 4.01. The van der Waals surface area contributed by atoms with Crippen molar-refractivity contribution < 1.29 is 21.6 Å². The van der Waals surface area contributed by atoms with Gasteiger partial charge < -0.3 is 0 Å². The van der Waals surface area contributed by atoms with Crippen LogP contribution in [0.1, 0.15) is 23.6 Å². The second-order valence-electron chi connectivity index (χ2n) is 6.03. The predicted molar refractivity (Wildman–Crippen MR) is 92.2 cm³/mol. The molecule has 1 atom stereocenters. The van der Waals surface area contributed by atoms with Crippen molar-refractivity contribution in [3.63, 3.8) is 0 Å². The Morgan fingerprint density at radius 2 is 1.50 bits per heavy atom. The van der Waals surface area contributed by atoms with Crippen LogP contribution in [0.15, 0.2) is 59.8 Å². The number of hydrogen-bond donors (Lipinski definition) is 1. The first-order valence-corrected chi connectivity index (χ1v) is 9.21. The lowest BCUT2D eigenvalue weighted by molar-refractivity contribution is -0.137. The van der Waals surface area contributed by atoms with Crippen molar-refractivity contribution in [2.75, 3.05) is 0 Å². The maximum Gasteiger partial charge on any atom is 0.416 e. The van der Waals surface area contributed by atoms with Gasteiger partial charge in [0.05, 0.1) is 5.56 Å². The Hall–Kier alpha value is -2.45. The Bertz CT molecular complexity index is 990. The van der Waals surface area contributed by atoms with Gasteiger partial charge in [-0.05, 0) is 46.9 Å². The zero-order valence-corrected chi connectivity index (χ0v) is 14.5. The van der Waals surface area contributed by atoms with Crippen molar-refractivity contribution in [3.05, 3.63) is 71.4 Å². The van der Waals surface area contributed by atoms with Crippen LogP contribution in [0.5, 0.6) is 0 Å². The van der Waals surface area contributed by atoms with Crippen LogP contribution in [0, 0.1) is 5.92 Å². The quantitative estimate of drug-likeness (QED) is 0.879. The standard InChI is InChI=1S/C18H15F3N2O2S/c1-11-8-15(12-2-5-14(6-3-12)18(19,20)21)16(9-11)13-4-7-17(23-10-13)26(22,24)25/h2-11H,1H3,(H2,22,24,25). The number of aromatic nitrogens is 1. The van der Waals surface area contributed by atoms with Gasteiger partial charge in [0.1, 0.15) is 0 Å². The van der Waals surface area contributed by atoms with E-state index in [-0.39, 0.29) is 10.9 Å². The summed E-state index contributed by atoms with van der Waals surface area (Å²) in [7, 11) is -3.89. The minimum atomic E-state index is -4.39. The number of rotatable bonds is 3. The third kappa shape index (κ3) is 3.71. The molecule has 0 aliphatic heterocycles. The van der Waals surface area contributed by atoms with E-state index in [1.54, 1.807) is 6.07 Å². The average molecular weight is 380 g/mol. The molecular weight excluding hydrogens is 365 g/mol. The van der Waals surface area contributed by atoms with Crippen LogP contribution in [0.2, 0.25) is 0 Å². The molecule has 0 saturated heterocycles. The Balaban J connectivity index is 1.96. The van der Waals surface area contributed by atoms with Crippen LogP contribution in [-0.4, -0.2) is 13.4 Å². The highest BCUT2D eigenvalue weighted by Gasteiger charge is 2.30. The number of pyridine rings is 1. The van der Waals surface area contributed by atoms with Crippen LogP contribution in [0.25, 0.3) is 11.1 Å². The van der Waals surface area contributed by atoms with E-state index in [4.69, 9.17) is 5.14 Å². The molecule has 26 heavy (non-hydrogen) atoms. The van der Waals surface area contributed by atoms with Crippen LogP contribution < -0.4 is 5.14 Å². The minimum absolute atomic E-state index is 0.0835. The van der Waals surface area contributed by atoms with Crippen molar-refractivity contribution >= 4 is 21.2 Å². The molecule has 3 rings (SSSR count). The second kappa shape index (κ2) is 6.37. The fraction of sp³-hybridized carbons (Fsp3) is 0.167. The lowest BCUT2D eigenvalue weighted by Crippen LogP contribution is -2.13. The Labute approximate surface area is 148 Å². The average Bonchev–Trinajstić information content (AvgIpc) is 2.95. The highest BCUT2D eigenvalue weighted by atomic mass is 32.2. The van der Waals surface area contributed by atoms with Gasteiger partial charge in [0, 0.05) is 11.8 Å². The molecule has 1 aromatic carbocycles. The van der Waals surface area contributed by atoms with Crippen LogP contribution >= 0.6 is 0 Å². The molecule has 1 aliphatic rings. The first-order chi connectivity index (χ1) is 12.1. The molecule has 0 amide bonds. The fourth-order valence-corrected chi connectivity index (χ4v) is 3.26. The van der Waals surface area contributed by atoms with E-state index >= 15 is 0 Å². The van der Waals surface area contributed by atoms with Gasteiger partial charge in [-0.3, -0.25) is 0 Å². The molecule has 1 unspecified atom stereocenters. The molecule has 1 heterocycles. The fourth-order valence-electron chi connectivity index (χ4n) is 2.80. The number of benzene rings is 1. The van der Waals surface area contributed by atoms with Gasteiger partial charge in [-0.15, -0.1) is 0 Å². The molecule has 2 N–H and O–H groups in total. The first kappa shape index (κ1) is 18.3.